The molecule has 0 amide bonds. The van der Waals surface area contributed by atoms with Gasteiger partial charge in [-0.3, -0.25) is 0 Å². The number of rotatable bonds is 8. The molecule has 0 bridgehead atoms. The summed E-state index contributed by atoms with van der Waals surface area (Å²) in [5.74, 6) is -0.0150. The quantitative estimate of drug-likeness (QED) is 0.342. The van der Waals surface area contributed by atoms with E-state index in [1.165, 1.54) is 13.3 Å². The van der Waals surface area contributed by atoms with Gasteiger partial charge in [0.15, 0.2) is 5.57 Å². The van der Waals surface area contributed by atoms with Crippen LogP contribution in [0.3, 0.4) is 0 Å². The first-order chi connectivity index (χ1) is 10.2. The predicted molar refractivity (Wildman–Crippen MR) is 77.8 cm³/mol. The van der Waals surface area contributed by atoms with Crippen molar-refractivity contribution in [2.75, 3.05) is 32.2 Å². The molecule has 1 aromatic rings. The van der Waals surface area contributed by atoms with E-state index in [9.17, 15) is 4.79 Å². The minimum atomic E-state index is -0.686. The monoisotopic (exact) mass is 290 g/mol. The van der Waals surface area contributed by atoms with Crippen molar-refractivity contribution in [3.05, 3.63) is 36.0 Å². The lowest BCUT2D eigenvalue weighted by molar-refractivity contribution is -0.135. The summed E-state index contributed by atoms with van der Waals surface area (Å²) in [7, 11) is 1.22. The minimum Gasteiger partial charge on any atom is -0.491 e. The molecule has 0 atom stereocenters. The predicted octanol–water partition coefficient (Wildman–Crippen LogP) is 2.09. The fraction of sp³-hybridized carbons (Fsp3) is 0.333. The highest BCUT2D eigenvalue weighted by Gasteiger charge is 2.07. The van der Waals surface area contributed by atoms with Crippen LogP contribution in [0.2, 0.25) is 0 Å². The number of methoxy groups -OCH3 is 1. The summed E-state index contributed by atoms with van der Waals surface area (Å²) in [6.07, 6.45) is 1.30. The first-order valence-electron chi connectivity index (χ1n) is 6.47. The van der Waals surface area contributed by atoms with E-state index in [4.69, 9.17) is 14.7 Å². The molecule has 6 heteroatoms. The maximum Gasteiger partial charge on any atom is 0.350 e. The summed E-state index contributed by atoms with van der Waals surface area (Å²) < 4.78 is 15.2. The Bertz CT molecular complexity index is 535. The van der Waals surface area contributed by atoms with Crippen LogP contribution in [0.4, 0.5) is 5.69 Å². The van der Waals surface area contributed by atoms with Crippen LogP contribution in [0.15, 0.2) is 36.0 Å². The van der Waals surface area contributed by atoms with Gasteiger partial charge in [0.25, 0.3) is 0 Å². The zero-order valence-electron chi connectivity index (χ0n) is 12.1. The molecule has 0 aliphatic carbocycles. The number of hydrogen-bond donors (Lipinski definition) is 1. The van der Waals surface area contributed by atoms with E-state index in [0.29, 0.717) is 31.3 Å². The molecule has 0 saturated heterocycles. The molecule has 0 radical (unpaired) electrons. The lowest BCUT2D eigenvalue weighted by Gasteiger charge is -2.08. The number of carbonyl (C=O) groups is 1. The first-order valence-corrected chi connectivity index (χ1v) is 6.47. The smallest absolute Gasteiger partial charge is 0.350 e. The van der Waals surface area contributed by atoms with Crippen LogP contribution >= 0.6 is 0 Å². The number of carbonyl (C=O) groups excluding carboxylic acids is 1. The lowest BCUT2D eigenvalue weighted by Crippen LogP contribution is -2.06. The maximum absolute atomic E-state index is 11.2. The molecule has 1 rings (SSSR count). The third-order valence-electron chi connectivity index (χ3n) is 2.44. The molecular weight excluding hydrogens is 272 g/mol. The van der Waals surface area contributed by atoms with Crippen molar-refractivity contribution in [2.24, 2.45) is 0 Å². The van der Waals surface area contributed by atoms with Crippen molar-refractivity contribution in [2.45, 2.75) is 6.92 Å². The van der Waals surface area contributed by atoms with Gasteiger partial charge < -0.3 is 19.5 Å². The summed E-state index contributed by atoms with van der Waals surface area (Å²) in [4.78, 5) is 11.2. The van der Waals surface area contributed by atoms with Gasteiger partial charge in [-0.1, -0.05) is 6.07 Å². The van der Waals surface area contributed by atoms with Gasteiger partial charge in [-0.25, -0.2) is 4.79 Å². The zero-order chi connectivity index (χ0) is 15.5. The highest BCUT2D eigenvalue weighted by atomic mass is 16.5. The molecule has 112 valence electrons. The van der Waals surface area contributed by atoms with Crippen molar-refractivity contribution in [3.8, 4) is 11.8 Å². The largest absolute Gasteiger partial charge is 0.491 e. The van der Waals surface area contributed by atoms with Gasteiger partial charge in [0.05, 0.1) is 13.7 Å². The summed E-state index contributed by atoms with van der Waals surface area (Å²) in [5.41, 5.74) is 0.584. The van der Waals surface area contributed by atoms with Gasteiger partial charge >= 0.3 is 5.97 Å². The van der Waals surface area contributed by atoms with Gasteiger partial charge in [-0.05, 0) is 19.1 Å². The van der Waals surface area contributed by atoms with Gasteiger partial charge in [0.1, 0.15) is 18.4 Å². The molecule has 6 nitrogen and oxygen atoms in total. The summed E-state index contributed by atoms with van der Waals surface area (Å²) in [5, 5.41) is 11.7. The van der Waals surface area contributed by atoms with Crippen molar-refractivity contribution in [1.82, 2.24) is 0 Å². The average molecular weight is 290 g/mol. The average Bonchev–Trinajstić information content (AvgIpc) is 2.52. The maximum atomic E-state index is 11.2. The second-order valence-corrected chi connectivity index (χ2v) is 3.88. The van der Waals surface area contributed by atoms with Gasteiger partial charge in [-0.15, -0.1) is 0 Å². The Morgan fingerprint density at radius 3 is 2.90 bits per heavy atom. The summed E-state index contributed by atoms with van der Waals surface area (Å²) in [6.45, 7) is 3.55. The van der Waals surface area contributed by atoms with Crippen LogP contribution in [-0.4, -0.2) is 32.9 Å². The Morgan fingerprint density at radius 2 is 2.24 bits per heavy atom. The number of hydrogen-bond acceptors (Lipinski definition) is 6. The van der Waals surface area contributed by atoms with E-state index < -0.39 is 5.97 Å². The number of ether oxygens (including phenoxy) is 3. The molecule has 0 unspecified atom stereocenters. The van der Waals surface area contributed by atoms with Crippen LogP contribution < -0.4 is 10.1 Å². The number of nitrogens with one attached hydrogen (secondary N) is 1. The second-order valence-electron chi connectivity index (χ2n) is 3.88. The fourth-order valence-electron chi connectivity index (χ4n) is 1.44. The Kier molecular flexibility index (Phi) is 7.40. The van der Waals surface area contributed by atoms with Gasteiger partial charge in [-0.2, -0.15) is 5.26 Å². The van der Waals surface area contributed by atoms with E-state index >= 15 is 0 Å². The minimum absolute atomic E-state index is 0.111. The van der Waals surface area contributed by atoms with E-state index in [2.05, 4.69) is 10.1 Å². The van der Waals surface area contributed by atoms with Crippen molar-refractivity contribution in [1.29, 1.82) is 5.26 Å². The Labute approximate surface area is 123 Å². The van der Waals surface area contributed by atoms with Crippen molar-refractivity contribution >= 4 is 11.7 Å². The summed E-state index contributed by atoms with van der Waals surface area (Å²) in [6, 6.07) is 8.92. The molecule has 21 heavy (non-hydrogen) atoms. The van der Waals surface area contributed by atoms with Crippen LogP contribution in [0, 0.1) is 11.3 Å². The molecule has 0 spiro atoms. The Morgan fingerprint density at radius 1 is 1.43 bits per heavy atom. The van der Waals surface area contributed by atoms with E-state index in [-0.39, 0.29) is 5.57 Å². The molecule has 0 aliphatic heterocycles. The third kappa shape index (κ3) is 5.97. The topological polar surface area (TPSA) is 80.6 Å². The third-order valence-corrected chi connectivity index (χ3v) is 2.44. The van der Waals surface area contributed by atoms with Crippen LogP contribution in [-0.2, 0) is 14.3 Å². The lowest BCUT2D eigenvalue weighted by atomic mass is 10.3. The number of nitriles is 1. The second kappa shape index (κ2) is 9.39. The Balaban J connectivity index is 2.62. The van der Waals surface area contributed by atoms with Gasteiger partial charge in [0, 0.05) is 24.6 Å². The van der Waals surface area contributed by atoms with Crippen LogP contribution in [0.25, 0.3) is 0 Å². The van der Waals surface area contributed by atoms with Crippen LogP contribution in [0.1, 0.15) is 6.92 Å². The molecule has 1 aromatic carbocycles. The van der Waals surface area contributed by atoms with Crippen molar-refractivity contribution in [3.63, 3.8) is 0 Å². The van der Waals surface area contributed by atoms with Crippen molar-refractivity contribution < 1.29 is 19.0 Å². The number of esters is 1. The molecule has 0 aromatic heterocycles. The molecule has 0 aliphatic rings. The Hall–Kier alpha value is -2.52. The highest BCUT2D eigenvalue weighted by molar-refractivity contribution is 5.93. The zero-order valence-corrected chi connectivity index (χ0v) is 12.1. The fourth-order valence-corrected chi connectivity index (χ4v) is 1.44. The SMILES string of the molecule is CCOCCOc1cccc(N/C=C(\C#N)C(=O)OC)c1. The standard InChI is InChI=1S/C15H18N2O4/c1-3-20-7-8-21-14-6-4-5-13(9-14)17-11-12(10-16)15(18)19-2/h4-6,9,11,17H,3,7-8H2,1-2H3/b12-11+. The van der Waals surface area contributed by atoms with E-state index in [1.54, 1.807) is 24.3 Å². The first kappa shape index (κ1) is 16.5. The van der Waals surface area contributed by atoms with Gasteiger partial charge in [0.2, 0.25) is 0 Å². The number of anilines is 1. The summed E-state index contributed by atoms with van der Waals surface area (Å²) >= 11 is 0. The van der Waals surface area contributed by atoms with E-state index in [0.717, 1.165) is 0 Å². The van der Waals surface area contributed by atoms with E-state index in [1.807, 2.05) is 13.0 Å². The normalized spacial score (nSPS) is 10.6. The molecule has 0 saturated carbocycles. The van der Waals surface area contributed by atoms with Crippen LogP contribution in [0.5, 0.6) is 5.75 Å². The molecular formula is C15H18N2O4. The molecule has 0 fully saturated rings. The highest BCUT2D eigenvalue weighted by Crippen LogP contribution is 2.17. The number of benzene rings is 1. The number of nitrogens with zero attached hydrogens (tertiary/aromatic N) is 1. The molecule has 0 heterocycles. The molecule has 1 N–H and O–H groups in total.